The Balaban J connectivity index is 1.74. The van der Waals surface area contributed by atoms with E-state index in [4.69, 9.17) is 16.3 Å². The number of aryl methyl sites for hydroxylation is 1. The molecule has 2 unspecified atom stereocenters. The van der Waals surface area contributed by atoms with Crippen molar-refractivity contribution >= 4 is 17.9 Å². The molecule has 1 N–H and O–H groups in total. The number of ether oxygens (including phenoxy) is 1. The number of halogens is 4. The molecule has 2 aromatic rings. The van der Waals surface area contributed by atoms with E-state index in [1.807, 2.05) is 0 Å². The minimum atomic E-state index is -4.24. The zero-order chi connectivity index (χ0) is 21.0. The smallest absolute Gasteiger partial charge is 0.390 e. The van der Waals surface area contributed by atoms with Gasteiger partial charge in [-0.2, -0.15) is 18.3 Å². The van der Waals surface area contributed by atoms with Crippen LogP contribution >= 0.6 is 11.6 Å². The van der Waals surface area contributed by atoms with Gasteiger partial charge in [0, 0.05) is 30.3 Å². The summed E-state index contributed by atoms with van der Waals surface area (Å²) >= 11 is 5.83. The maximum Gasteiger partial charge on any atom is 0.390 e. The molecule has 0 amide bonds. The molecule has 1 saturated carbocycles. The number of aldehydes is 1. The summed E-state index contributed by atoms with van der Waals surface area (Å²) in [6.45, 7) is 0.0628. The second-order valence-electron chi connectivity index (χ2n) is 7.23. The summed E-state index contributed by atoms with van der Waals surface area (Å²) in [6.07, 6.45) is 0.507. The van der Waals surface area contributed by atoms with Crippen molar-refractivity contribution in [2.45, 2.75) is 50.7 Å². The van der Waals surface area contributed by atoms with Gasteiger partial charge in [0.1, 0.15) is 11.5 Å². The molecule has 158 valence electrons. The Morgan fingerprint density at radius 1 is 1.28 bits per heavy atom. The zero-order valence-corrected chi connectivity index (χ0v) is 16.4. The number of nitrogens with zero attached hydrogens (tertiary/aromatic N) is 2. The monoisotopic (exact) mass is 430 g/mol. The van der Waals surface area contributed by atoms with E-state index in [0.717, 1.165) is 31.4 Å². The van der Waals surface area contributed by atoms with E-state index in [0.29, 0.717) is 6.29 Å². The molecule has 0 radical (unpaired) electrons. The first-order chi connectivity index (χ1) is 13.8. The molecule has 5 nitrogen and oxygen atoms in total. The van der Waals surface area contributed by atoms with E-state index in [-0.39, 0.29) is 47.1 Å². The third-order valence-corrected chi connectivity index (χ3v) is 5.65. The van der Waals surface area contributed by atoms with Crippen LogP contribution in [0.5, 0.6) is 11.5 Å². The zero-order valence-electron chi connectivity index (χ0n) is 15.7. The van der Waals surface area contributed by atoms with Crippen LogP contribution in [0.25, 0.3) is 0 Å². The van der Waals surface area contributed by atoms with E-state index in [9.17, 15) is 23.1 Å². The summed E-state index contributed by atoms with van der Waals surface area (Å²) in [5.41, 5.74) is 0.761. The van der Waals surface area contributed by atoms with Gasteiger partial charge in [-0.1, -0.05) is 24.4 Å². The van der Waals surface area contributed by atoms with E-state index < -0.39 is 12.6 Å². The van der Waals surface area contributed by atoms with Crippen molar-refractivity contribution in [3.05, 3.63) is 40.7 Å². The number of aromatic nitrogens is 2. The molecule has 0 saturated heterocycles. The van der Waals surface area contributed by atoms with E-state index >= 15 is 0 Å². The van der Waals surface area contributed by atoms with Crippen LogP contribution in [0.3, 0.4) is 0 Å². The largest absolute Gasteiger partial charge is 0.505 e. The maximum absolute atomic E-state index is 12.6. The molecule has 1 heterocycles. The van der Waals surface area contributed by atoms with Crippen molar-refractivity contribution in [3.63, 3.8) is 0 Å². The lowest BCUT2D eigenvalue weighted by Gasteiger charge is -2.32. The van der Waals surface area contributed by atoms with Crippen molar-refractivity contribution in [2.24, 2.45) is 5.92 Å². The SMILES string of the molecule is O=Cc1c(OCC2CCCCC2c2ccnn2CCC(F)(F)F)ccc(Cl)c1O. The van der Waals surface area contributed by atoms with Gasteiger partial charge < -0.3 is 9.84 Å². The average molecular weight is 431 g/mol. The number of hydrogen-bond donors (Lipinski definition) is 1. The topological polar surface area (TPSA) is 64.3 Å². The molecule has 0 bridgehead atoms. The van der Waals surface area contributed by atoms with Gasteiger partial charge in [-0.15, -0.1) is 0 Å². The minimum absolute atomic E-state index is 0.0138. The van der Waals surface area contributed by atoms with Crippen molar-refractivity contribution in [1.29, 1.82) is 0 Å². The number of benzene rings is 1. The molecule has 29 heavy (non-hydrogen) atoms. The van der Waals surface area contributed by atoms with Crippen LogP contribution in [0.15, 0.2) is 24.4 Å². The van der Waals surface area contributed by atoms with Crippen molar-refractivity contribution < 1.29 is 27.8 Å². The third kappa shape index (κ3) is 5.23. The predicted molar refractivity (Wildman–Crippen MR) is 102 cm³/mol. The number of hydrogen-bond acceptors (Lipinski definition) is 4. The first-order valence-corrected chi connectivity index (χ1v) is 9.86. The Morgan fingerprint density at radius 3 is 2.76 bits per heavy atom. The van der Waals surface area contributed by atoms with Crippen molar-refractivity contribution in [2.75, 3.05) is 6.61 Å². The van der Waals surface area contributed by atoms with E-state index in [1.165, 1.54) is 23.0 Å². The number of alkyl halides is 3. The molecule has 0 spiro atoms. The fourth-order valence-corrected chi connectivity index (χ4v) is 4.04. The van der Waals surface area contributed by atoms with Crippen LogP contribution in [-0.2, 0) is 6.54 Å². The molecule has 1 aromatic heterocycles. The van der Waals surface area contributed by atoms with Crippen molar-refractivity contribution in [1.82, 2.24) is 9.78 Å². The molecule has 1 aromatic carbocycles. The van der Waals surface area contributed by atoms with Crippen LogP contribution in [0.4, 0.5) is 13.2 Å². The van der Waals surface area contributed by atoms with Gasteiger partial charge in [-0.25, -0.2) is 0 Å². The number of carbonyl (C=O) groups excluding carboxylic acids is 1. The number of aromatic hydroxyl groups is 1. The Labute approximate surface area is 171 Å². The molecule has 2 atom stereocenters. The van der Waals surface area contributed by atoms with Gasteiger partial charge in [0.25, 0.3) is 0 Å². The first kappa shape index (κ1) is 21.5. The molecular formula is C20H22ClF3N2O3. The van der Waals surface area contributed by atoms with Crippen LogP contribution in [0, 0.1) is 5.92 Å². The van der Waals surface area contributed by atoms with E-state index in [2.05, 4.69) is 5.10 Å². The maximum atomic E-state index is 12.6. The van der Waals surface area contributed by atoms with Gasteiger partial charge in [-0.05, 0) is 31.0 Å². The Bertz CT molecular complexity index is 854. The average Bonchev–Trinajstić information content (AvgIpc) is 3.15. The lowest BCUT2D eigenvalue weighted by molar-refractivity contribution is -0.137. The molecule has 1 aliphatic carbocycles. The summed E-state index contributed by atoms with van der Waals surface area (Å²) in [4.78, 5) is 11.3. The number of carbonyl (C=O) groups is 1. The van der Waals surface area contributed by atoms with Gasteiger partial charge in [-0.3, -0.25) is 9.48 Å². The van der Waals surface area contributed by atoms with Crippen LogP contribution < -0.4 is 4.74 Å². The Hall–Kier alpha value is -2.22. The van der Waals surface area contributed by atoms with E-state index in [1.54, 1.807) is 6.07 Å². The summed E-state index contributed by atoms with van der Waals surface area (Å²) < 4.78 is 45.1. The standard InChI is InChI=1S/C20H22ClF3N2O3/c21-16-5-6-18(15(11-27)19(16)28)29-12-13-3-1-2-4-14(13)17-7-9-25-26(17)10-8-20(22,23)24/h5-7,9,11,13-14,28H,1-4,8,10,12H2. The minimum Gasteiger partial charge on any atom is -0.505 e. The summed E-state index contributed by atoms with van der Waals surface area (Å²) in [6, 6.07) is 4.74. The fourth-order valence-electron chi connectivity index (χ4n) is 3.87. The second kappa shape index (κ2) is 9.07. The molecule has 0 aliphatic heterocycles. The Kier molecular flexibility index (Phi) is 6.72. The van der Waals surface area contributed by atoms with Crippen LogP contribution in [0.2, 0.25) is 5.02 Å². The summed E-state index contributed by atoms with van der Waals surface area (Å²) in [7, 11) is 0. The highest BCUT2D eigenvalue weighted by Gasteiger charge is 2.32. The highest BCUT2D eigenvalue weighted by molar-refractivity contribution is 6.32. The molecule has 9 heteroatoms. The quantitative estimate of drug-likeness (QED) is 0.600. The van der Waals surface area contributed by atoms with Gasteiger partial charge in [0.2, 0.25) is 0 Å². The highest BCUT2D eigenvalue weighted by atomic mass is 35.5. The van der Waals surface area contributed by atoms with Crippen LogP contribution in [0.1, 0.15) is 54.1 Å². The number of phenolic OH excluding ortho intramolecular Hbond substituents is 1. The molecule has 1 aliphatic rings. The summed E-state index contributed by atoms with van der Waals surface area (Å²) in [5, 5.41) is 14.1. The normalized spacial score (nSPS) is 19.9. The third-order valence-electron chi connectivity index (χ3n) is 5.34. The van der Waals surface area contributed by atoms with Gasteiger partial charge >= 0.3 is 6.18 Å². The first-order valence-electron chi connectivity index (χ1n) is 9.48. The lowest BCUT2D eigenvalue weighted by atomic mass is 9.78. The predicted octanol–water partition coefficient (Wildman–Crippen LogP) is 5.36. The van der Waals surface area contributed by atoms with Gasteiger partial charge in [0.05, 0.1) is 23.6 Å². The lowest BCUT2D eigenvalue weighted by Crippen LogP contribution is -2.26. The number of phenols is 1. The van der Waals surface area contributed by atoms with Gasteiger partial charge in [0.15, 0.2) is 6.29 Å². The second-order valence-corrected chi connectivity index (χ2v) is 7.64. The molecular weight excluding hydrogens is 409 g/mol. The highest BCUT2D eigenvalue weighted by Crippen LogP contribution is 2.39. The Morgan fingerprint density at radius 2 is 2.03 bits per heavy atom. The fraction of sp³-hybridized carbons (Fsp3) is 0.500. The number of rotatable bonds is 7. The van der Waals surface area contributed by atoms with Crippen LogP contribution in [-0.4, -0.2) is 34.0 Å². The molecule has 1 fully saturated rings. The van der Waals surface area contributed by atoms with Crippen molar-refractivity contribution in [3.8, 4) is 11.5 Å². The molecule has 3 rings (SSSR count). The summed E-state index contributed by atoms with van der Waals surface area (Å²) in [5.74, 6) is -0.0242.